The summed E-state index contributed by atoms with van der Waals surface area (Å²) in [6, 6.07) is 18.0. The molecule has 2 aromatic carbocycles. The second kappa shape index (κ2) is 9.87. The number of rotatable bonds is 10. The standard InChI is InChI=1S/C21H24O4/c1-3-24-18(20(22)16-11-7-5-8-12-16)15-19(25-4-2)21(23)17-13-9-6-10-14-17/h5-14,18-19H,3-4,15H2,1-2H3/t18-,19+. The predicted molar refractivity (Wildman–Crippen MR) is 97.0 cm³/mol. The highest BCUT2D eigenvalue weighted by molar-refractivity contribution is 6.02. The van der Waals surface area contributed by atoms with E-state index in [2.05, 4.69) is 0 Å². The summed E-state index contributed by atoms with van der Waals surface area (Å²) in [5, 5.41) is 0. The van der Waals surface area contributed by atoms with Gasteiger partial charge in [-0.25, -0.2) is 0 Å². The molecule has 0 fully saturated rings. The van der Waals surface area contributed by atoms with Crippen LogP contribution in [0.4, 0.5) is 0 Å². The zero-order chi connectivity index (χ0) is 18.1. The Morgan fingerprint density at radius 2 is 1.08 bits per heavy atom. The average Bonchev–Trinajstić information content (AvgIpc) is 2.67. The fraction of sp³-hybridized carbons (Fsp3) is 0.333. The molecule has 4 nitrogen and oxygen atoms in total. The van der Waals surface area contributed by atoms with Gasteiger partial charge in [0, 0.05) is 30.8 Å². The van der Waals surface area contributed by atoms with Crippen molar-refractivity contribution in [2.75, 3.05) is 13.2 Å². The summed E-state index contributed by atoms with van der Waals surface area (Å²) in [6.07, 6.45) is -1.23. The maximum atomic E-state index is 12.7. The molecule has 2 rings (SSSR count). The summed E-state index contributed by atoms with van der Waals surface area (Å²) in [5.74, 6) is -0.263. The van der Waals surface area contributed by atoms with Crippen LogP contribution in [0.1, 0.15) is 41.0 Å². The molecule has 0 saturated heterocycles. The molecule has 0 N–H and O–H groups in total. The summed E-state index contributed by atoms with van der Waals surface area (Å²) in [4.78, 5) is 25.5. The average molecular weight is 340 g/mol. The maximum Gasteiger partial charge on any atom is 0.191 e. The lowest BCUT2D eigenvalue weighted by molar-refractivity contribution is 0.00133. The first kappa shape index (κ1) is 19.0. The number of ketones is 2. The first-order valence-electron chi connectivity index (χ1n) is 8.59. The summed E-state index contributed by atoms with van der Waals surface area (Å²) in [6.45, 7) is 4.45. The Morgan fingerprint density at radius 3 is 1.40 bits per heavy atom. The largest absolute Gasteiger partial charge is 0.370 e. The number of benzene rings is 2. The fourth-order valence-electron chi connectivity index (χ4n) is 2.67. The van der Waals surface area contributed by atoms with Crippen LogP contribution in [0.3, 0.4) is 0 Å². The van der Waals surface area contributed by atoms with Gasteiger partial charge in [-0.2, -0.15) is 0 Å². The number of ether oxygens (including phenoxy) is 2. The lowest BCUT2D eigenvalue weighted by Gasteiger charge is -2.22. The molecule has 25 heavy (non-hydrogen) atoms. The molecule has 0 aliphatic heterocycles. The summed E-state index contributed by atoms with van der Waals surface area (Å²) in [5.41, 5.74) is 1.15. The molecule has 0 heterocycles. The van der Waals surface area contributed by atoms with Crippen LogP contribution < -0.4 is 0 Å². The van der Waals surface area contributed by atoms with Gasteiger partial charge in [0.25, 0.3) is 0 Å². The third-order valence-electron chi connectivity index (χ3n) is 3.87. The third kappa shape index (κ3) is 5.34. The van der Waals surface area contributed by atoms with Gasteiger partial charge in [0.05, 0.1) is 0 Å². The Morgan fingerprint density at radius 1 is 0.720 bits per heavy atom. The molecule has 0 aromatic heterocycles. The lowest BCUT2D eigenvalue weighted by Crippen LogP contribution is -2.35. The Labute approximate surface area is 148 Å². The molecule has 0 unspecified atom stereocenters. The van der Waals surface area contributed by atoms with E-state index in [9.17, 15) is 9.59 Å². The van der Waals surface area contributed by atoms with Crippen LogP contribution in [0, 0.1) is 0 Å². The van der Waals surface area contributed by atoms with Crippen molar-refractivity contribution in [3.05, 3.63) is 71.8 Å². The molecule has 0 aliphatic carbocycles. The molecule has 0 saturated carbocycles. The minimum absolute atomic E-state index is 0.131. The van der Waals surface area contributed by atoms with Crippen LogP contribution >= 0.6 is 0 Å². The molecular weight excluding hydrogens is 316 g/mol. The van der Waals surface area contributed by atoms with Crippen molar-refractivity contribution in [2.45, 2.75) is 32.5 Å². The summed E-state index contributed by atoms with van der Waals surface area (Å²) < 4.78 is 11.3. The summed E-state index contributed by atoms with van der Waals surface area (Å²) in [7, 11) is 0. The van der Waals surface area contributed by atoms with E-state index in [0.717, 1.165) is 0 Å². The predicted octanol–water partition coefficient (Wildman–Crippen LogP) is 3.95. The van der Waals surface area contributed by atoms with E-state index < -0.39 is 12.2 Å². The van der Waals surface area contributed by atoms with Crippen LogP contribution in [-0.2, 0) is 9.47 Å². The topological polar surface area (TPSA) is 52.6 Å². The van der Waals surface area contributed by atoms with Crippen LogP contribution in [0.2, 0.25) is 0 Å². The molecule has 2 aromatic rings. The zero-order valence-electron chi connectivity index (χ0n) is 14.7. The first-order chi connectivity index (χ1) is 12.2. The van der Waals surface area contributed by atoms with Gasteiger partial charge < -0.3 is 9.47 Å². The molecule has 0 aliphatic rings. The highest BCUT2D eigenvalue weighted by Crippen LogP contribution is 2.17. The normalized spacial score (nSPS) is 13.2. The number of carbonyl (C=O) groups is 2. The van der Waals surface area contributed by atoms with E-state index in [-0.39, 0.29) is 18.0 Å². The minimum atomic E-state index is -0.711. The molecule has 0 radical (unpaired) electrons. The second-order valence-electron chi connectivity index (χ2n) is 5.58. The van der Waals surface area contributed by atoms with E-state index in [1.54, 1.807) is 24.3 Å². The molecule has 0 amide bonds. The van der Waals surface area contributed by atoms with Gasteiger partial charge >= 0.3 is 0 Å². The number of hydrogen-bond donors (Lipinski definition) is 0. The van der Waals surface area contributed by atoms with E-state index >= 15 is 0 Å². The molecule has 0 spiro atoms. The monoisotopic (exact) mass is 340 g/mol. The van der Waals surface area contributed by atoms with Crippen molar-refractivity contribution in [3.63, 3.8) is 0 Å². The SMILES string of the molecule is CCO[C@@H](C[C@@H](OCC)C(=O)c1ccccc1)C(=O)c1ccccc1. The van der Waals surface area contributed by atoms with E-state index in [1.807, 2.05) is 50.2 Å². The fourth-order valence-corrected chi connectivity index (χ4v) is 2.67. The van der Waals surface area contributed by atoms with E-state index in [4.69, 9.17) is 9.47 Å². The summed E-state index contributed by atoms with van der Waals surface area (Å²) >= 11 is 0. The Kier molecular flexibility index (Phi) is 7.51. The van der Waals surface area contributed by atoms with E-state index in [1.165, 1.54) is 0 Å². The third-order valence-corrected chi connectivity index (χ3v) is 3.87. The highest BCUT2D eigenvalue weighted by Gasteiger charge is 2.29. The van der Waals surface area contributed by atoms with Crippen molar-refractivity contribution in [1.29, 1.82) is 0 Å². The lowest BCUT2D eigenvalue weighted by atomic mass is 9.96. The van der Waals surface area contributed by atoms with Gasteiger partial charge in [0.2, 0.25) is 0 Å². The van der Waals surface area contributed by atoms with Gasteiger partial charge in [-0.3, -0.25) is 9.59 Å². The van der Waals surface area contributed by atoms with Crippen LogP contribution in [0.15, 0.2) is 60.7 Å². The second-order valence-corrected chi connectivity index (χ2v) is 5.58. The molecule has 132 valence electrons. The quantitative estimate of drug-likeness (QED) is 0.615. The van der Waals surface area contributed by atoms with Gasteiger partial charge in [-0.15, -0.1) is 0 Å². The van der Waals surface area contributed by atoms with Gasteiger partial charge in [0.1, 0.15) is 12.2 Å². The molecule has 4 heteroatoms. The van der Waals surface area contributed by atoms with Crippen LogP contribution in [-0.4, -0.2) is 37.0 Å². The zero-order valence-corrected chi connectivity index (χ0v) is 14.7. The van der Waals surface area contributed by atoms with Crippen molar-refractivity contribution in [3.8, 4) is 0 Å². The van der Waals surface area contributed by atoms with Crippen molar-refractivity contribution in [2.24, 2.45) is 0 Å². The highest BCUT2D eigenvalue weighted by atomic mass is 16.5. The smallest absolute Gasteiger partial charge is 0.191 e. The Bertz CT molecular complexity index is 607. The molecule has 0 bridgehead atoms. The van der Waals surface area contributed by atoms with Crippen LogP contribution in [0.25, 0.3) is 0 Å². The minimum Gasteiger partial charge on any atom is -0.370 e. The van der Waals surface area contributed by atoms with Gasteiger partial charge in [-0.05, 0) is 13.8 Å². The Balaban J connectivity index is 2.18. The maximum absolute atomic E-state index is 12.7. The van der Waals surface area contributed by atoms with Gasteiger partial charge in [0.15, 0.2) is 11.6 Å². The van der Waals surface area contributed by atoms with Gasteiger partial charge in [-0.1, -0.05) is 60.7 Å². The first-order valence-corrected chi connectivity index (χ1v) is 8.59. The molecule has 2 atom stereocenters. The van der Waals surface area contributed by atoms with Crippen molar-refractivity contribution in [1.82, 2.24) is 0 Å². The van der Waals surface area contributed by atoms with E-state index in [0.29, 0.717) is 24.3 Å². The Hall–Kier alpha value is -2.30. The van der Waals surface area contributed by atoms with Crippen LogP contribution in [0.5, 0.6) is 0 Å². The number of carbonyl (C=O) groups excluding carboxylic acids is 2. The number of hydrogen-bond acceptors (Lipinski definition) is 4. The number of Topliss-reactive ketones (excluding diaryl/α,β-unsaturated/α-hetero) is 2. The van der Waals surface area contributed by atoms with Crippen molar-refractivity contribution < 1.29 is 19.1 Å². The molecular formula is C21H24O4. The van der Waals surface area contributed by atoms with Crippen molar-refractivity contribution >= 4 is 11.6 Å².